The van der Waals surface area contributed by atoms with Crippen molar-refractivity contribution in [3.8, 4) is 0 Å². The quantitative estimate of drug-likeness (QED) is 0.769. The highest BCUT2D eigenvalue weighted by Crippen LogP contribution is 2.20. The van der Waals surface area contributed by atoms with E-state index in [9.17, 15) is 4.79 Å². The van der Waals surface area contributed by atoms with Crippen LogP contribution < -0.4 is 0 Å². The van der Waals surface area contributed by atoms with Crippen molar-refractivity contribution in [3.63, 3.8) is 0 Å². The first kappa shape index (κ1) is 10.4. The van der Waals surface area contributed by atoms with E-state index in [2.05, 4.69) is 22.6 Å². The Kier molecular flexibility index (Phi) is 3.20. The highest BCUT2D eigenvalue weighted by Gasteiger charge is 2.28. The van der Waals surface area contributed by atoms with E-state index in [1.165, 1.54) is 6.33 Å². The summed E-state index contributed by atoms with van der Waals surface area (Å²) in [6.07, 6.45) is 3.82. The average molecular weight is 223 g/mol. The Morgan fingerprint density at radius 1 is 1.60 bits per heavy atom. The van der Waals surface area contributed by atoms with Gasteiger partial charge in [-0.25, -0.2) is 9.97 Å². The molecule has 80 valence electrons. The monoisotopic (exact) mass is 223 g/mol. The predicted octanol–water partition coefficient (Wildman–Crippen LogP) is 0.755. The highest BCUT2D eigenvalue weighted by molar-refractivity contribution is 7.80. The lowest BCUT2D eigenvalue weighted by atomic mass is 10.1. The molecule has 0 bridgehead atoms. The summed E-state index contributed by atoms with van der Waals surface area (Å²) < 4.78 is 0. The first-order valence-corrected chi connectivity index (χ1v) is 5.56. The summed E-state index contributed by atoms with van der Waals surface area (Å²) in [7, 11) is 0. The Morgan fingerprint density at radius 3 is 3.07 bits per heavy atom. The minimum absolute atomic E-state index is 0.202. The fraction of sp³-hybridized carbons (Fsp3) is 0.500. The molecule has 1 fully saturated rings. The number of hydrogen-bond acceptors (Lipinski definition) is 4. The SMILES string of the molecule is O=C1CC(CS)CN1Cc1ccncn1. The first-order chi connectivity index (χ1) is 7.29. The van der Waals surface area contributed by atoms with E-state index in [1.54, 1.807) is 6.20 Å². The van der Waals surface area contributed by atoms with Gasteiger partial charge in [0, 0.05) is 19.2 Å². The minimum atomic E-state index is 0.202. The fourth-order valence-corrected chi connectivity index (χ4v) is 1.98. The number of nitrogens with zero attached hydrogens (tertiary/aromatic N) is 3. The van der Waals surface area contributed by atoms with Crippen molar-refractivity contribution in [2.24, 2.45) is 5.92 Å². The lowest BCUT2D eigenvalue weighted by Gasteiger charge is -2.15. The van der Waals surface area contributed by atoms with Crippen LogP contribution >= 0.6 is 12.6 Å². The molecule has 0 aromatic carbocycles. The Hall–Kier alpha value is -1.10. The second-order valence-corrected chi connectivity index (χ2v) is 4.09. The Labute approximate surface area is 94.1 Å². The van der Waals surface area contributed by atoms with E-state index < -0.39 is 0 Å². The summed E-state index contributed by atoms with van der Waals surface area (Å²) in [5.74, 6) is 1.36. The van der Waals surface area contributed by atoms with E-state index in [-0.39, 0.29) is 5.91 Å². The standard InChI is InChI=1S/C10H13N3OS/c14-10-3-8(6-15)4-13(10)5-9-1-2-11-7-12-9/h1-2,7-8,15H,3-6H2. The van der Waals surface area contributed by atoms with Gasteiger partial charge < -0.3 is 4.90 Å². The molecule has 4 nitrogen and oxygen atoms in total. The van der Waals surface area contributed by atoms with Gasteiger partial charge >= 0.3 is 0 Å². The van der Waals surface area contributed by atoms with Crippen molar-refractivity contribution in [1.82, 2.24) is 14.9 Å². The summed E-state index contributed by atoms with van der Waals surface area (Å²) in [6, 6.07) is 1.83. The molecule has 1 aliphatic heterocycles. The Morgan fingerprint density at radius 2 is 2.47 bits per heavy atom. The Bertz CT molecular complexity index is 344. The molecule has 1 aromatic rings. The summed E-state index contributed by atoms with van der Waals surface area (Å²) >= 11 is 4.22. The van der Waals surface area contributed by atoms with Crippen LogP contribution in [-0.4, -0.2) is 33.1 Å². The molecule has 5 heteroatoms. The third-order valence-electron chi connectivity index (χ3n) is 2.55. The van der Waals surface area contributed by atoms with Gasteiger partial charge in [0.25, 0.3) is 0 Å². The van der Waals surface area contributed by atoms with Gasteiger partial charge in [-0.3, -0.25) is 4.79 Å². The van der Waals surface area contributed by atoms with Gasteiger partial charge in [-0.1, -0.05) is 0 Å². The molecule has 0 saturated carbocycles. The fourth-order valence-electron chi connectivity index (χ4n) is 1.74. The largest absolute Gasteiger partial charge is 0.336 e. The van der Waals surface area contributed by atoms with Crippen LogP contribution in [0.2, 0.25) is 0 Å². The summed E-state index contributed by atoms with van der Waals surface area (Å²) in [5.41, 5.74) is 0.887. The predicted molar refractivity (Wildman–Crippen MR) is 59.4 cm³/mol. The number of thiol groups is 1. The smallest absolute Gasteiger partial charge is 0.223 e. The van der Waals surface area contributed by atoms with Crippen LogP contribution in [0, 0.1) is 5.92 Å². The number of likely N-dealkylation sites (tertiary alicyclic amines) is 1. The molecule has 0 spiro atoms. The summed E-state index contributed by atoms with van der Waals surface area (Å²) in [6.45, 7) is 1.39. The van der Waals surface area contributed by atoms with Gasteiger partial charge in [-0.05, 0) is 17.7 Å². The van der Waals surface area contributed by atoms with E-state index in [0.29, 0.717) is 18.9 Å². The van der Waals surface area contributed by atoms with Crippen LogP contribution in [0.3, 0.4) is 0 Å². The van der Waals surface area contributed by atoms with Crippen molar-refractivity contribution < 1.29 is 4.79 Å². The molecule has 1 aliphatic rings. The van der Waals surface area contributed by atoms with Crippen LogP contribution in [-0.2, 0) is 11.3 Å². The van der Waals surface area contributed by atoms with E-state index in [4.69, 9.17) is 0 Å². The van der Waals surface area contributed by atoms with E-state index >= 15 is 0 Å². The highest BCUT2D eigenvalue weighted by atomic mass is 32.1. The van der Waals surface area contributed by atoms with Crippen molar-refractivity contribution in [2.45, 2.75) is 13.0 Å². The molecule has 0 radical (unpaired) electrons. The maximum absolute atomic E-state index is 11.6. The second-order valence-electron chi connectivity index (χ2n) is 3.73. The van der Waals surface area contributed by atoms with Gasteiger partial charge in [-0.15, -0.1) is 0 Å². The van der Waals surface area contributed by atoms with Gasteiger partial charge in [0.1, 0.15) is 6.33 Å². The molecular weight excluding hydrogens is 210 g/mol. The van der Waals surface area contributed by atoms with Crippen LogP contribution in [0.1, 0.15) is 12.1 Å². The molecule has 1 aromatic heterocycles. The molecule has 1 saturated heterocycles. The molecule has 1 unspecified atom stereocenters. The third-order valence-corrected chi connectivity index (χ3v) is 3.07. The third kappa shape index (κ3) is 2.47. The average Bonchev–Trinajstić information content (AvgIpc) is 2.61. The second kappa shape index (κ2) is 4.61. The number of carbonyl (C=O) groups is 1. The molecule has 1 amide bonds. The summed E-state index contributed by atoms with van der Waals surface area (Å²) in [4.78, 5) is 21.4. The van der Waals surface area contributed by atoms with Crippen LogP contribution in [0.25, 0.3) is 0 Å². The Balaban J connectivity index is 1.99. The lowest BCUT2D eigenvalue weighted by Crippen LogP contribution is -2.25. The zero-order chi connectivity index (χ0) is 10.7. The van der Waals surface area contributed by atoms with Gasteiger partial charge in [0.2, 0.25) is 5.91 Å². The number of aromatic nitrogens is 2. The number of rotatable bonds is 3. The maximum atomic E-state index is 11.6. The molecular formula is C10H13N3OS. The van der Waals surface area contributed by atoms with Crippen molar-refractivity contribution in [2.75, 3.05) is 12.3 Å². The molecule has 0 aliphatic carbocycles. The zero-order valence-corrected chi connectivity index (χ0v) is 9.23. The molecule has 1 atom stereocenters. The van der Waals surface area contributed by atoms with E-state index in [0.717, 1.165) is 18.0 Å². The van der Waals surface area contributed by atoms with Crippen molar-refractivity contribution in [1.29, 1.82) is 0 Å². The molecule has 2 rings (SSSR count). The molecule has 0 N–H and O–H groups in total. The normalized spacial score (nSPS) is 21.0. The molecule has 2 heterocycles. The first-order valence-electron chi connectivity index (χ1n) is 4.93. The van der Waals surface area contributed by atoms with Gasteiger partial charge in [0.05, 0.1) is 12.2 Å². The summed E-state index contributed by atoms with van der Waals surface area (Å²) in [5, 5.41) is 0. The van der Waals surface area contributed by atoms with Crippen LogP contribution in [0.4, 0.5) is 0 Å². The lowest BCUT2D eigenvalue weighted by molar-refractivity contribution is -0.128. The van der Waals surface area contributed by atoms with Crippen LogP contribution in [0.5, 0.6) is 0 Å². The van der Waals surface area contributed by atoms with Crippen molar-refractivity contribution >= 4 is 18.5 Å². The zero-order valence-electron chi connectivity index (χ0n) is 8.33. The number of hydrogen-bond donors (Lipinski definition) is 1. The van der Waals surface area contributed by atoms with Gasteiger partial charge in [0.15, 0.2) is 0 Å². The molecule has 15 heavy (non-hydrogen) atoms. The number of amides is 1. The van der Waals surface area contributed by atoms with Gasteiger partial charge in [-0.2, -0.15) is 12.6 Å². The van der Waals surface area contributed by atoms with Crippen molar-refractivity contribution in [3.05, 3.63) is 24.3 Å². The minimum Gasteiger partial charge on any atom is -0.336 e. The van der Waals surface area contributed by atoms with E-state index in [1.807, 2.05) is 11.0 Å². The number of carbonyl (C=O) groups excluding carboxylic acids is 1. The maximum Gasteiger partial charge on any atom is 0.223 e. The topological polar surface area (TPSA) is 46.1 Å². The van der Waals surface area contributed by atoms with Crippen LogP contribution in [0.15, 0.2) is 18.6 Å².